The lowest BCUT2D eigenvalue weighted by atomic mass is 10.1. The summed E-state index contributed by atoms with van der Waals surface area (Å²) in [5.41, 5.74) is 1.55. The molecule has 0 bridgehead atoms. The largest absolute Gasteiger partial charge is 0.495 e. The highest BCUT2D eigenvalue weighted by Crippen LogP contribution is 2.29. The highest BCUT2D eigenvalue weighted by molar-refractivity contribution is 7.89. The van der Waals surface area contributed by atoms with E-state index in [-0.39, 0.29) is 16.6 Å². The molecule has 7 heteroatoms. The third-order valence-electron chi connectivity index (χ3n) is 5.38. The van der Waals surface area contributed by atoms with Gasteiger partial charge in [0.05, 0.1) is 7.11 Å². The standard InChI is InChI=1S/C23H30N2O4S/c1-29-21-14-13-20(23(26)24-15-9-12-19-10-5-4-6-11-19)18-22(21)30(27,28)25-16-7-2-3-8-17-25/h4-6,10-11,13-14,18H,2-3,7-9,12,15-17H2,1H3,(H,24,26). The van der Waals surface area contributed by atoms with Crippen LogP contribution in [0.3, 0.4) is 0 Å². The monoisotopic (exact) mass is 430 g/mol. The van der Waals surface area contributed by atoms with Crippen molar-refractivity contribution in [3.8, 4) is 5.75 Å². The van der Waals surface area contributed by atoms with Gasteiger partial charge in [-0.2, -0.15) is 4.31 Å². The first-order valence-electron chi connectivity index (χ1n) is 10.5. The quantitative estimate of drug-likeness (QED) is 0.649. The molecule has 0 radical (unpaired) electrons. The second-order valence-corrected chi connectivity index (χ2v) is 9.44. The van der Waals surface area contributed by atoms with Gasteiger partial charge in [0, 0.05) is 25.2 Å². The van der Waals surface area contributed by atoms with Crippen LogP contribution >= 0.6 is 0 Å². The molecule has 162 valence electrons. The lowest BCUT2D eigenvalue weighted by Crippen LogP contribution is -2.32. The third kappa shape index (κ3) is 5.61. The first-order valence-corrected chi connectivity index (χ1v) is 12.0. The van der Waals surface area contributed by atoms with Crippen molar-refractivity contribution < 1.29 is 17.9 Å². The molecular weight excluding hydrogens is 400 g/mol. The predicted octanol–water partition coefficient (Wildman–Crippen LogP) is 3.62. The van der Waals surface area contributed by atoms with Crippen LogP contribution in [-0.4, -0.2) is 45.4 Å². The SMILES string of the molecule is COc1ccc(C(=O)NCCCc2ccccc2)cc1S(=O)(=O)N1CCCCCC1. The summed E-state index contributed by atoms with van der Waals surface area (Å²) in [6.07, 6.45) is 5.46. The van der Waals surface area contributed by atoms with Gasteiger partial charge in [-0.1, -0.05) is 43.2 Å². The number of aryl methyl sites for hydroxylation is 1. The van der Waals surface area contributed by atoms with E-state index in [1.165, 1.54) is 23.0 Å². The fourth-order valence-electron chi connectivity index (χ4n) is 3.68. The van der Waals surface area contributed by atoms with E-state index in [2.05, 4.69) is 17.4 Å². The van der Waals surface area contributed by atoms with Crippen LogP contribution in [0.15, 0.2) is 53.4 Å². The Labute approximate surface area is 179 Å². The maximum atomic E-state index is 13.2. The number of benzene rings is 2. The van der Waals surface area contributed by atoms with Gasteiger partial charge < -0.3 is 10.1 Å². The number of ether oxygens (including phenoxy) is 1. The molecule has 2 aromatic rings. The molecule has 1 aliphatic heterocycles. The summed E-state index contributed by atoms with van der Waals surface area (Å²) >= 11 is 0. The van der Waals surface area contributed by atoms with Gasteiger partial charge >= 0.3 is 0 Å². The van der Waals surface area contributed by atoms with Gasteiger partial charge in [-0.15, -0.1) is 0 Å². The molecule has 2 aromatic carbocycles. The van der Waals surface area contributed by atoms with Crippen molar-refractivity contribution in [1.82, 2.24) is 9.62 Å². The normalized spacial score (nSPS) is 15.4. The summed E-state index contributed by atoms with van der Waals surface area (Å²) < 4.78 is 33.3. The van der Waals surface area contributed by atoms with E-state index in [0.717, 1.165) is 38.5 Å². The molecule has 0 atom stereocenters. The number of methoxy groups -OCH3 is 1. The van der Waals surface area contributed by atoms with E-state index in [1.807, 2.05) is 18.2 Å². The van der Waals surface area contributed by atoms with E-state index in [9.17, 15) is 13.2 Å². The number of nitrogens with zero attached hydrogens (tertiary/aromatic N) is 1. The smallest absolute Gasteiger partial charge is 0.251 e. The van der Waals surface area contributed by atoms with E-state index >= 15 is 0 Å². The van der Waals surface area contributed by atoms with Crippen LogP contribution in [-0.2, 0) is 16.4 Å². The minimum absolute atomic E-state index is 0.0591. The molecule has 0 saturated carbocycles. The molecule has 1 saturated heterocycles. The number of hydrogen-bond acceptors (Lipinski definition) is 4. The molecule has 1 N–H and O–H groups in total. The number of rotatable bonds is 8. The summed E-state index contributed by atoms with van der Waals surface area (Å²) in [4.78, 5) is 12.7. The summed E-state index contributed by atoms with van der Waals surface area (Å²) in [5.74, 6) is -0.0158. The zero-order valence-corrected chi connectivity index (χ0v) is 18.3. The summed E-state index contributed by atoms with van der Waals surface area (Å²) in [6.45, 7) is 1.52. The summed E-state index contributed by atoms with van der Waals surface area (Å²) in [5, 5.41) is 2.89. The Balaban J connectivity index is 1.69. The zero-order chi connectivity index (χ0) is 21.4. The molecule has 1 heterocycles. The molecule has 1 amide bonds. The van der Waals surface area contributed by atoms with Crippen molar-refractivity contribution in [3.05, 3.63) is 59.7 Å². The van der Waals surface area contributed by atoms with Crippen LogP contribution in [0.1, 0.15) is 48.0 Å². The van der Waals surface area contributed by atoms with Crippen LogP contribution in [0, 0.1) is 0 Å². The lowest BCUT2D eigenvalue weighted by molar-refractivity contribution is 0.0953. The Morgan fingerprint density at radius 2 is 1.73 bits per heavy atom. The van der Waals surface area contributed by atoms with Crippen LogP contribution in [0.4, 0.5) is 0 Å². The number of hydrogen-bond donors (Lipinski definition) is 1. The predicted molar refractivity (Wildman–Crippen MR) is 117 cm³/mol. The van der Waals surface area contributed by atoms with Crippen molar-refractivity contribution in [2.24, 2.45) is 0 Å². The van der Waals surface area contributed by atoms with Gasteiger partial charge in [0.25, 0.3) is 5.91 Å². The molecule has 1 aliphatic rings. The maximum Gasteiger partial charge on any atom is 0.251 e. The Bertz CT molecular complexity index is 937. The molecule has 1 fully saturated rings. The first-order chi connectivity index (χ1) is 14.5. The number of amides is 1. The molecule has 3 rings (SSSR count). The van der Waals surface area contributed by atoms with Crippen molar-refractivity contribution >= 4 is 15.9 Å². The van der Waals surface area contributed by atoms with Crippen LogP contribution in [0.5, 0.6) is 5.75 Å². The average Bonchev–Trinajstić information content (AvgIpc) is 3.07. The molecule has 0 spiro atoms. The second kappa shape index (κ2) is 10.6. The zero-order valence-electron chi connectivity index (χ0n) is 17.5. The minimum Gasteiger partial charge on any atom is -0.495 e. The minimum atomic E-state index is -3.72. The van der Waals surface area contributed by atoms with Crippen molar-refractivity contribution in [1.29, 1.82) is 0 Å². The Hall–Kier alpha value is -2.38. The van der Waals surface area contributed by atoms with E-state index in [4.69, 9.17) is 4.74 Å². The number of nitrogens with one attached hydrogen (secondary N) is 1. The Kier molecular flexibility index (Phi) is 7.87. The van der Waals surface area contributed by atoms with Crippen molar-refractivity contribution in [2.75, 3.05) is 26.7 Å². The van der Waals surface area contributed by atoms with Gasteiger partial charge in [-0.3, -0.25) is 4.79 Å². The Morgan fingerprint density at radius 3 is 2.40 bits per heavy atom. The maximum absolute atomic E-state index is 13.2. The summed E-state index contributed by atoms with van der Waals surface area (Å²) in [6, 6.07) is 14.7. The van der Waals surface area contributed by atoms with Crippen LogP contribution in [0.25, 0.3) is 0 Å². The van der Waals surface area contributed by atoms with Gasteiger partial charge in [-0.05, 0) is 49.4 Å². The topological polar surface area (TPSA) is 75.7 Å². The fourth-order valence-corrected chi connectivity index (χ4v) is 5.38. The van der Waals surface area contributed by atoms with Gasteiger partial charge in [0.15, 0.2) is 0 Å². The molecule has 0 aromatic heterocycles. The number of sulfonamides is 1. The molecule has 0 unspecified atom stereocenters. The van der Waals surface area contributed by atoms with E-state index < -0.39 is 10.0 Å². The second-order valence-electron chi connectivity index (χ2n) is 7.53. The molecule has 6 nitrogen and oxygen atoms in total. The third-order valence-corrected chi connectivity index (χ3v) is 7.30. The van der Waals surface area contributed by atoms with Crippen LogP contribution < -0.4 is 10.1 Å². The van der Waals surface area contributed by atoms with Crippen molar-refractivity contribution in [2.45, 2.75) is 43.4 Å². The lowest BCUT2D eigenvalue weighted by Gasteiger charge is -2.21. The first kappa shape index (κ1) is 22.3. The van der Waals surface area contributed by atoms with E-state index in [0.29, 0.717) is 25.2 Å². The highest BCUT2D eigenvalue weighted by Gasteiger charge is 2.29. The highest BCUT2D eigenvalue weighted by atomic mass is 32.2. The van der Waals surface area contributed by atoms with Gasteiger partial charge in [0.1, 0.15) is 10.6 Å². The van der Waals surface area contributed by atoms with Crippen molar-refractivity contribution in [3.63, 3.8) is 0 Å². The molecule has 0 aliphatic carbocycles. The number of carbonyl (C=O) groups is 1. The number of carbonyl (C=O) groups excluding carboxylic acids is 1. The Morgan fingerprint density at radius 1 is 1.03 bits per heavy atom. The van der Waals surface area contributed by atoms with E-state index in [1.54, 1.807) is 12.1 Å². The average molecular weight is 431 g/mol. The van der Waals surface area contributed by atoms with Gasteiger partial charge in [-0.25, -0.2) is 8.42 Å². The van der Waals surface area contributed by atoms with Crippen LogP contribution in [0.2, 0.25) is 0 Å². The molecule has 30 heavy (non-hydrogen) atoms. The summed E-state index contributed by atoms with van der Waals surface area (Å²) in [7, 11) is -2.27. The molecular formula is C23H30N2O4S. The van der Waals surface area contributed by atoms with Gasteiger partial charge in [0.2, 0.25) is 10.0 Å². The fraction of sp³-hybridized carbons (Fsp3) is 0.435.